The third kappa shape index (κ3) is 5.51. The van der Waals surface area contributed by atoms with E-state index >= 15 is 0 Å². The van der Waals surface area contributed by atoms with Crippen molar-refractivity contribution >= 4 is 34.5 Å². The Labute approximate surface area is 239 Å². The molecular weight excluding hydrogens is 522 g/mol. The molecule has 4 aromatic heterocycles. The number of anilines is 1. The number of nitrogens with zero attached hydrogens (tertiary/aromatic N) is 7. The molecule has 0 bridgehead atoms. The van der Waals surface area contributed by atoms with E-state index in [4.69, 9.17) is 9.97 Å². The zero-order chi connectivity index (χ0) is 28.4. The van der Waals surface area contributed by atoms with Crippen LogP contribution < -0.4 is 4.90 Å². The molecular formula is C30H37N7O2S. The van der Waals surface area contributed by atoms with Gasteiger partial charge in [0.25, 0.3) is 0 Å². The average Bonchev–Trinajstić information content (AvgIpc) is 3.61. The fraction of sp³-hybridized carbons (Fsp3) is 0.433. The Morgan fingerprint density at radius 3 is 2.58 bits per heavy atom. The first kappa shape index (κ1) is 27.9. The molecule has 5 heterocycles. The monoisotopic (exact) mass is 559 g/mol. The summed E-state index contributed by atoms with van der Waals surface area (Å²) in [6.45, 7) is 9.10. The molecule has 1 aliphatic rings. The molecule has 1 aliphatic heterocycles. The summed E-state index contributed by atoms with van der Waals surface area (Å²) in [5.41, 5.74) is 3.52. The molecule has 0 radical (unpaired) electrons. The van der Waals surface area contributed by atoms with E-state index in [0.717, 1.165) is 42.1 Å². The Balaban J connectivity index is 1.53. The third-order valence-electron chi connectivity index (χ3n) is 7.82. The third-order valence-corrected chi connectivity index (χ3v) is 8.71. The molecule has 4 aromatic rings. The van der Waals surface area contributed by atoms with Gasteiger partial charge in [0.05, 0.1) is 28.0 Å². The van der Waals surface area contributed by atoms with Crippen LogP contribution in [-0.2, 0) is 4.79 Å². The molecule has 9 nitrogen and oxygen atoms in total. The lowest BCUT2D eigenvalue weighted by atomic mass is 9.99. The van der Waals surface area contributed by atoms with Crippen molar-refractivity contribution in [1.29, 1.82) is 0 Å². The first-order valence-electron chi connectivity index (χ1n) is 14.0. The molecule has 1 fully saturated rings. The van der Waals surface area contributed by atoms with Crippen molar-refractivity contribution in [3.05, 3.63) is 53.7 Å². The highest BCUT2D eigenvalue weighted by Gasteiger charge is 2.36. The molecule has 10 heteroatoms. The van der Waals surface area contributed by atoms with Crippen LogP contribution >= 0.6 is 11.3 Å². The van der Waals surface area contributed by atoms with Gasteiger partial charge >= 0.3 is 0 Å². The van der Waals surface area contributed by atoms with Gasteiger partial charge in [0.2, 0.25) is 5.91 Å². The van der Waals surface area contributed by atoms with E-state index in [-0.39, 0.29) is 17.7 Å². The quantitative estimate of drug-likeness (QED) is 0.242. The van der Waals surface area contributed by atoms with Crippen LogP contribution in [0.5, 0.6) is 0 Å². The minimum Gasteiger partial charge on any atom is -0.347 e. The van der Waals surface area contributed by atoms with E-state index in [1.807, 2.05) is 46.8 Å². The summed E-state index contributed by atoms with van der Waals surface area (Å²) < 4.78 is 1.73. The number of thiophene rings is 1. The number of fused-ring (bicyclic) bond motifs is 1. The van der Waals surface area contributed by atoms with Gasteiger partial charge in [0.15, 0.2) is 11.4 Å². The summed E-state index contributed by atoms with van der Waals surface area (Å²) in [5.74, 6) is 0.749. The minimum atomic E-state index is -0.282. The summed E-state index contributed by atoms with van der Waals surface area (Å²) in [6, 6.07) is 9.73. The number of pyridine rings is 1. The van der Waals surface area contributed by atoms with Gasteiger partial charge in [-0.1, -0.05) is 19.9 Å². The maximum atomic E-state index is 13.6. The molecule has 0 spiro atoms. The van der Waals surface area contributed by atoms with Crippen LogP contribution in [0.1, 0.15) is 50.4 Å². The lowest BCUT2D eigenvalue weighted by Crippen LogP contribution is -2.56. The minimum absolute atomic E-state index is 0.0395. The molecule has 5 rings (SSSR count). The first-order chi connectivity index (χ1) is 19.3. The fourth-order valence-electron chi connectivity index (χ4n) is 5.30. The van der Waals surface area contributed by atoms with Crippen molar-refractivity contribution < 1.29 is 9.59 Å². The Hall–Kier alpha value is -3.63. The number of hydrogen-bond donors (Lipinski definition) is 0. The van der Waals surface area contributed by atoms with Gasteiger partial charge in [-0.05, 0) is 62.5 Å². The zero-order valence-electron chi connectivity index (χ0n) is 23.9. The van der Waals surface area contributed by atoms with E-state index in [9.17, 15) is 9.59 Å². The molecule has 1 saturated heterocycles. The predicted octanol–water partition coefficient (Wildman–Crippen LogP) is 4.88. The largest absolute Gasteiger partial charge is 0.347 e. The SMILES string of the molecule is CCN(CC)[C@@H](C)CCC(=O)c1cc(-c2cnn3ccc(-c4cccs4)nc23)nc(N2CC[C@H]2C(=O)N(C)C)c1. The van der Waals surface area contributed by atoms with Gasteiger partial charge in [-0.15, -0.1) is 11.3 Å². The van der Waals surface area contributed by atoms with E-state index in [2.05, 4.69) is 30.8 Å². The average molecular weight is 560 g/mol. The lowest BCUT2D eigenvalue weighted by Gasteiger charge is -2.42. The Morgan fingerprint density at radius 2 is 1.93 bits per heavy atom. The van der Waals surface area contributed by atoms with Gasteiger partial charge < -0.3 is 14.7 Å². The van der Waals surface area contributed by atoms with E-state index < -0.39 is 0 Å². The van der Waals surface area contributed by atoms with E-state index in [1.54, 1.807) is 41.0 Å². The number of carbonyl (C=O) groups excluding carboxylic acids is 2. The molecule has 0 N–H and O–H groups in total. The molecule has 1 amide bonds. The van der Waals surface area contributed by atoms with Gasteiger partial charge in [0.1, 0.15) is 11.9 Å². The second-order valence-electron chi connectivity index (χ2n) is 10.5. The molecule has 0 saturated carbocycles. The summed E-state index contributed by atoms with van der Waals surface area (Å²) in [6.07, 6.45) is 5.63. The number of Topliss-reactive ketones (excluding diaryl/α,β-unsaturated/α-hetero) is 1. The smallest absolute Gasteiger partial charge is 0.244 e. The van der Waals surface area contributed by atoms with Crippen LogP contribution in [0.3, 0.4) is 0 Å². The van der Waals surface area contributed by atoms with Crippen molar-refractivity contribution in [2.75, 3.05) is 38.6 Å². The van der Waals surface area contributed by atoms with Gasteiger partial charge in [-0.25, -0.2) is 14.5 Å². The highest BCUT2D eigenvalue weighted by molar-refractivity contribution is 7.13. The van der Waals surface area contributed by atoms with Crippen LogP contribution in [0, 0.1) is 0 Å². The Bertz CT molecular complexity index is 1490. The number of aromatic nitrogens is 4. The second-order valence-corrected chi connectivity index (χ2v) is 11.4. The fourth-order valence-corrected chi connectivity index (χ4v) is 6.00. The highest BCUT2D eigenvalue weighted by atomic mass is 32.1. The van der Waals surface area contributed by atoms with Crippen LogP contribution in [0.4, 0.5) is 5.82 Å². The number of hydrogen-bond acceptors (Lipinski definition) is 8. The summed E-state index contributed by atoms with van der Waals surface area (Å²) >= 11 is 1.63. The van der Waals surface area contributed by atoms with Crippen LogP contribution in [0.15, 0.2) is 48.1 Å². The molecule has 40 heavy (non-hydrogen) atoms. The molecule has 0 aromatic carbocycles. The highest BCUT2D eigenvalue weighted by Crippen LogP contribution is 2.32. The van der Waals surface area contributed by atoms with Crippen molar-refractivity contribution in [2.24, 2.45) is 0 Å². The van der Waals surface area contributed by atoms with Crippen molar-refractivity contribution in [1.82, 2.24) is 29.4 Å². The standard InChI is InChI=1S/C30H37N7O2S/c1-6-35(7-2)20(3)10-11-26(38)21-17-24(32-28(18-21)36-14-13-25(36)30(39)34(4)5)22-19-31-37-15-12-23(33-29(22)37)27-9-8-16-40-27/h8-9,12,15-20,25H,6-7,10-11,13-14H2,1-5H3/t20-,25-/m0/s1. The first-order valence-corrected chi connectivity index (χ1v) is 14.8. The number of carbonyl (C=O) groups is 2. The summed E-state index contributed by atoms with van der Waals surface area (Å²) in [7, 11) is 3.54. The number of amides is 1. The van der Waals surface area contributed by atoms with Crippen molar-refractivity contribution in [3.63, 3.8) is 0 Å². The molecule has 0 aliphatic carbocycles. The predicted molar refractivity (Wildman–Crippen MR) is 160 cm³/mol. The molecule has 0 unspecified atom stereocenters. The second kappa shape index (κ2) is 11.9. The summed E-state index contributed by atoms with van der Waals surface area (Å²) in [4.78, 5) is 43.3. The van der Waals surface area contributed by atoms with Gasteiger partial charge in [-0.2, -0.15) is 5.10 Å². The van der Waals surface area contributed by atoms with Gasteiger partial charge in [0, 0.05) is 44.9 Å². The number of ketones is 1. The summed E-state index contributed by atoms with van der Waals surface area (Å²) in [5, 5.41) is 6.55. The van der Waals surface area contributed by atoms with Crippen LogP contribution in [0.2, 0.25) is 0 Å². The molecule has 210 valence electrons. The topological polar surface area (TPSA) is 86.9 Å². The molecule has 2 atom stereocenters. The Morgan fingerprint density at radius 1 is 1.12 bits per heavy atom. The Kier molecular flexibility index (Phi) is 8.27. The van der Waals surface area contributed by atoms with E-state index in [0.29, 0.717) is 41.7 Å². The number of likely N-dealkylation sites (N-methyl/N-ethyl adjacent to an activating group) is 1. The van der Waals surface area contributed by atoms with E-state index in [1.165, 1.54) is 0 Å². The van der Waals surface area contributed by atoms with Crippen LogP contribution in [-0.4, -0.2) is 86.9 Å². The lowest BCUT2D eigenvalue weighted by molar-refractivity contribution is -0.131. The maximum absolute atomic E-state index is 13.6. The van der Waals surface area contributed by atoms with Crippen molar-refractivity contribution in [3.8, 4) is 21.8 Å². The number of rotatable bonds is 11. The normalized spacial score (nSPS) is 15.8. The zero-order valence-corrected chi connectivity index (χ0v) is 24.7. The van der Waals surface area contributed by atoms with Crippen LogP contribution in [0.25, 0.3) is 27.5 Å². The maximum Gasteiger partial charge on any atom is 0.244 e. The van der Waals surface area contributed by atoms with Gasteiger partial charge in [-0.3, -0.25) is 9.59 Å². The van der Waals surface area contributed by atoms with Crippen molar-refractivity contribution in [2.45, 2.75) is 52.1 Å².